The number of amides is 1. The van der Waals surface area contributed by atoms with Crippen molar-refractivity contribution in [2.75, 3.05) is 10.0 Å². The van der Waals surface area contributed by atoms with Crippen molar-refractivity contribution < 1.29 is 13.2 Å². The van der Waals surface area contributed by atoms with E-state index in [2.05, 4.69) is 30.0 Å². The molecule has 4 aromatic rings. The maximum atomic E-state index is 12.8. The van der Waals surface area contributed by atoms with Gasteiger partial charge in [0.15, 0.2) is 10.9 Å². The molecule has 184 valence electrons. The maximum Gasteiger partial charge on any atom is 0.275 e. The largest absolute Gasteiger partial charge is 0.321 e. The molecule has 0 radical (unpaired) electrons. The van der Waals surface area contributed by atoms with E-state index < -0.39 is 15.9 Å². The second-order valence-electron chi connectivity index (χ2n) is 7.65. The van der Waals surface area contributed by atoms with Crippen LogP contribution in [-0.4, -0.2) is 34.3 Å². The number of hydrogen-bond donors (Lipinski definition) is 2. The van der Waals surface area contributed by atoms with Crippen molar-refractivity contribution in [1.82, 2.24) is 19.9 Å². The van der Waals surface area contributed by atoms with Gasteiger partial charge >= 0.3 is 0 Å². The summed E-state index contributed by atoms with van der Waals surface area (Å²) in [6.07, 6.45) is 1.38. The van der Waals surface area contributed by atoms with Crippen molar-refractivity contribution in [2.45, 2.75) is 29.7 Å². The van der Waals surface area contributed by atoms with Crippen molar-refractivity contribution in [3.8, 4) is 0 Å². The van der Waals surface area contributed by atoms with Gasteiger partial charge in [0, 0.05) is 23.2 Å². The summed E-state index contributed by atoms with van der Waals surface area (Å²) in [6, 6.07) is 17.1. The molecule has 0 bridgehead atoms. The Kier molecular flexibility index (Phi) is 7.82. The van der Waals surface area contributed by atoms with Gasteiger partial charge in [0.05, 0.1) is 16.1 Å². The third kappa shape index (κ3) is 6.56. The second kappa shape index (κ2) is 11.0. The van der Waals surface area contributed by atoms with Gasteiger partial charge < -0.3 is 5.32 Å². The van der Waals surface area contributed by atoms with Crippen LogP contribution >= 0.6 is 23.4 Å². The van der Waals surface area contributed by atoms with Crippen molar-refractivity contribution in [3.63, 3.8) is 0 Å². The summed E-state index contributed by atoms with van der Waals surface area (Å²) in [5, 5.41) is 3.20. The molecule has 0 aliphatic heterocycles. The summed E-state index contributed by atoms with van der Waals surface area (Å²) in [7, 11) is -3.88. The number of sulfonamides is 1. The Balaban J connectivity index is 1.44. The molecule has 2 heterocycles. The fourth-order valence-electron chi connectivity index (χ4n) is 3.18. The van der Waals surface area contributed by atoms with E-state index in [1.54, 1.807) is 13.8 Å². The van der Waals surface area contributed by atoms with Gasteiger partial charge in [-0.1, -0.05) is 53.7 Å². The number of nitrogens with zero attached hydrogens (tertiary/aromatic N) is 4. The highest BCUT2D eigenvalue weighted by Gasteiger charge is 2.18. The van der Waals surface area contributed by atoms with E-state index in [9.17, 15) is 13.2 Å². The van der Waals surface area contributed by atoms with Crippen LogP contribution in [-0.2, 0) is 15.8 Å². The van der Waals surface area contributed by atoms with E-state index in [0.29, 0.717) is 28.1 Å². The fourth-order valence-corrected chi connectivity index (χ4v) is 5.12. The van der Waals surface area contributed by atoms with Gasteiger partial charge in [-0.3, -0.25) is 9.52 Å². The van der Waals surface area contributed by atoms with Crippen LogP contribution < -0.4 is 10.0 Å². The summed E-state index contributed by atoms with van der Waals surface area (Å²) in [5.74, 6) is 0.735. The molecule has 0 aliphatic rings. The van der Waals surface area contributed by atoms with Crippen LogP contribution in [0.25, 0.3) is 0 Å². The number of anilines is 2. The molecule has 2 N–H and O–H groups in total. The average molecular weight is 541 g/mol. The lowest BCUT2D eigenvalue weighted by Crippen LogP contribution is -2.16. The summed E-state index contributed by atoms with van der Waals surface area (Å²) in [6.45, 7) is 3.43. The molecule has 0 saturated heterocycles. The normalized spacial score (nSPS) is 11.2. The zero-order valence-corrected chi connectivity index (χ0v) is 21.7. The van der Waals surface area contributed by atoms with Crippen molar-refractivity contribution in [1.29, 1.82) is 0 Å². The van der Waals surface area contributed by atoms with Gasteiger partial charge in [-0.25, -0.2) is 28.4 Å². The number of halogens is 1. The lowest BCUT2D eigenvalue weighted by Gasteiger charge is -2.10. The molecule has 12 heteroatoms. The molecule has 0 spiro atoms. The molecular formula is C24H21ClN6O3S2. The fraction of sp³-hybridized carbons (Fsp3) is 0.125. The number of carbonyl (C=O) groups excluding carboxylic acids is 1. The molecule has 2 aromatic carbocycles. The molecule has 2 aromatic heterocycles. The smallest absolute Gasteiger partial charge is 0.275 e. The van der Waals surface area contributed by atoms with Crippen LogP contribution in [0.4, 0.5) is 11.5 Å². The minimum atomic E-state index is -3.88. The van der Waals surface area contributed by atoms with Gasteiger partial charge in [-0.15, -0.1) is 0 Å². The first-order chi connectivity index (χ1) is 17.2. The van der Waals surface area contributed by atoms with Gasteiger partial charge in [0.25, 0.3) is 15.9 Å². The highest BCUT2D eigenvalue weighted by atomic mass is 35.5. The lowest BCUT2D eigenvalue weighted by atomic mass is 10.2. The van der Waals surface area contributed by atoms with Crippen molar-refractivity contribution >= 4 is 50.8 Å². The van der Waals surface area contributed by atoms with Gasteiger partial charge in [0.2, 0.25) is 0 Å². The van der Waals surface area contributed by atoms with Crippen LogP contribution in [0.5, 0.6) is 0 Å². The number of rotatable bonds is 8. The van der Waals surface area contributed by atoms with Crippen molar-refractivity contribution in [3.05, 3.63) is 94.7 Å². The first-order valence-corrected chi connectivity index (χ1v) is 13.5. The van der Waals surface area contributed by atoms with Gasteiger partial charge in [0.1, 0.15) is 11.6 Å². The second-order valence-corrected chi connectivity index (χ2v) is 10.7. The quantitative estimate of drug-likeness (QED) is 0.239. The predicted octanol–water partition coefficient (Wildman–Crippen LogP) is 4.88. The molecule has 9 nitrogen and oxygen atoms in total. The summed E-state index contributed by atoms with van der Waals surface area (Å²) in [5.41, 5.74) is 2.14. The minimum absolute atomic E-state index is 0.00841. The van der Waals surface area contributed by atoms with E-state index in [1.807, 2.05) is 30.3 Å². The number of benzene rings is 2. The standard InChI is InChI=1S/C24H21ClN6O3S2/c1-15-12-21(28-16(2)27-15)31-36(33,34)19-10-8-18(9-11-19)29-23(32)22-20(25)13-26-24(30-22)35-14-17-6-4-3-5-7-17/h3-13H,14H2,1-2H3,(H,29,32)(H,27,28,31). The van der Waals surface area contributed by atoms with Gasteiger partial charge in [-0.05, 0) is 43.7 Å². The SMILES string of the molecule is Cc1cc(NS(=O)(=O)c2ccc(NC(=O)c3nc(SCc4ccccc4)ncc3Cl)cc2)nc(C)n1. The van der Waals surface area contributed by atoms with Crippen LogP contribution in [0.3, 0.4) is 0 Å². The maximum absolute atomic E-state index is 12.8. The van der Waals surface area contributed by atoms with E-state index >= 15 is 0 Å². The Hall–Kier alpha value is -3.54. The molecule has 0 fully saturated rings. The Morgan fingerprint density at radius 1 is 1.00 bits per heavy atom. The summed E-state index contributed by atoms with van der Waals surface area (Å²) >= 11 is 7.55. The van der Waals surface area contributed by atoms with Crippen molar-refractivity contribution in [2.24, 2.45) is 0 Å². The van der Waals surface area contributed by atoms with Gasteiger partial charge in [-0.2, -0.15) is 0 Å². The van der Waals surface area contributed by atoms with Crippen LogP contribution in [0.2, 0.25) is 5.02 Å². The number of aryl methyl sites for hydroxylation is 2. The first kappa shape index (κ1) is 25.5. The number of hydrogen-bond acceptors (Lipinski definition) is 8. The number of carbonyl (C=O) groups is 1. The molecule has 0 unspecified atom stereocenters. The Morgan fingerprint density at radius 2 is 1.72 bits per heavy atom. The number of thioether (sulfide) groups is 1. The highest BCUT2D eigenvalue weighted by molar-refractivity contribution is 7.98. The molecular weight excluding hydrogens is 520 g/mol. The molecule has 0 aliphatic carbocycles. The Bertz CT molecular complexity index is 1480. The topological polar surface area (TPSA) is 127 Å². The van der Waals surface area contributed by atoms with E-state index in [4.69, 9.17) is 11.6 Å². The predicted molar refractivity (Wildman–Crippen MR) is 140 cm³/mol. The zero-order chi connectivity index (χ0) is 25.7. The number of aromatic nitrogens is 4. The Labute approximate surface area is 217 Å². The highest BCUT2D eigenvalue weighted by Crippen LogP contribution is 2.23. The summed E-state index contributed by atoms with van der Waals surface area (Å²) < 4.78 is 27.9. The van der Waals surface area contributed by atoms with Crippen LogP contribution in [0.1, 0.15) is 27.6 Å². The van der Waals surface area contributed by atoms with E-state index in [1.165, 1.54) is 48.3 Å². The molecule has 1 amide bonds. The third-order valence-corrected chi connectivity index (χ3v) is 7.36. The first-order valence-electron chi connectivity index (χ1n) is 10.7. The lowest BCUT2D eigenvalue weighted by molar-refractivity contribution is 0.102. The molecule has 36 heavy (non-hydrogen) atoms. The van der Waals surface area contributed by atoms with Crippen LogP contribution in [0.15, 0.2) is 76.9 Å². The number of nitrogens with one attached hydrogen (secondary N) is 2. The third-order valence-electron chi connectivity index (χ3n) is 4.78. The molecule has 0 atom stereocenters. The monoisotopic (exact) mass is 540 g/mol. The van der Waals surface area contributed by atoms with E-state index in [-0.39, 0.29) is 21.4 Å². The zero-order valence-electron chi connectivity index (χ0n) is 19.3. The van der Waals surface area contributed by atoms with Crippen LogP contribution in [0, 0.1) is 13.8 Å². The summed E-state index contributed by atoms with van der Waals surface area (Å²) in [4.78, 5) is 29.5. The molecule has 4 rings (SSSR count). The average Bonchev–Trinajstić information content (AvgIpc) is 2.83. The Morgan fingerprint density at radius 3 is 2.42 bits per heavy atom. The molecule has 0 saturated carbocycles. The van der Waals surface area contributed by atoms with E-state index in [0.717, 1.165) is 5.56 Å². The minimum Gasteiger partial charge on any atom is -0.321 e.